The minimum atomic E-state index is -0.717. The smallest absolute Gasteiger partial charge is 0.303 e. The van der Waals surface area contributed by atoms with Gasteiger partial charge in [0.15, 0.2) is 0 Å². The Hall–Kier alpha value is -1.07. The van der Waals surface area contributed by atoms with E-state index in [2.05, 4.69) is 10.00 Å². The van der Waals surface area contributed by atoms with Crippen LogP contribution >= 0.6 is 11.6 Å². The maximum Gasteiger partial charge on any atom is 0.303 e. The van der Waals surface area contributed by atoms with E-state index >= 15 is 0 Å². The fourth-order valence-corrected chi connectivity index (χ4v) is 3.18. The van der Waals surface area contributed by atoms with Crippen molar-refractivity contribution in [1.82, 2.24) is 14.7 Å². The van der Waals surface area contributed by atoms with Crippen LogP contribution in [-0.2, 0) is 18.4 Å². The number of carboxylic acids is 1. The molecule has 1 unspecified atom stereocenters. The van der Waals surface area contributed by atoms with Gasteiger partial charge in [0.1, 0.15) is 5.15 Å². The molecule has 112 valence electrons. The molecule has 2 rings (SSSR count). The SMILES string of the molecule is Cc1nn(C)c(Cl)c1CN1CCCCC1CCC(=O)O. The first-order chi connectivity index (χ1) is 9.49. The zero-order valence-electron chi connectivity index (χ0n) is 12.1. The Balaban J connectivity index is 2.06. The van der Waals surface area contributed by atoms with Crippen LogP contribution in [-0.4, -0.2) is 38.3 Å². The molecule has 0 aromatic carbocycles. The Morgan fingerprint density at radius 1 is 1.50 bits per heavy atom. The molecule has 2 heterocycles. The maximum absolute atomic E-state index is 10.8. The predicted octanol–water partition coefficient (Wildman–Crippen LogP) is 2.60. The predicted molar refractivity (Wildman–Crippen MR) is 77.9 cm³/mol. The molecular weight excluding hydrogens is 278 g/mol. The lowest BCUT2D eigenvalue weighted by Crippen LogP contribution is -2.39. The number of likely N-dealkylation sites (tertiary alicyclic amines) is 1. The van der Waals surface area contributed by atoms with E-state index in [4.69, 9.17) is 16.7 Å². The van der Waals surface area contributed by atoms with Gasteiger partial charge in [0.05, 0.1) is 5.69 Å². The maximum atomic E-state index is 10.8. The Labute approximate surface area is 124 Å². The van der Waals surface area contributed by atoms with Gasteiger partial charge in [-0.15, -0.1) is 0 Å². The first-order valence-corrected chi connectivity index (χ1v) is 7.50. The van der Waals surface area contributed by atoms with Crippen LogP contribution in [0.15, 0.2) is 0 Å². The number of nitrogens with zero attached hydrogens (tertiary/aromatic N) is 3. The second kappa shape index (κ2) is 6.59. The molecule has 1 aliphatic heterocycles. The third kappa shape index (κ3) is 3.52. The molecule has 1 atom stereocenters. The van der Waals surface area contributed by atoms with Crippen LogP contribution in [0, 0.1) is 6.92 Å². The summed E-state index contributed by atoms with van der Waals surface area (Å²) in [7, 11) is 1.84. The number of carbonyl (C=O) groups is 1. The molecule has 0 bridgehead atoms. The molecule has 0 aliphatic carbocycles. The van der Waals surface area contributed by atoms with Crippen LogP contribution in [0.4, 0.5) is 0 Å². The van der Waals surface area contributed by atoms with Crippen LogP contribution in [0.5, 0.6) is 0 Å². The summed E-state index contributed by atoms with van der Waals surface area (Å²) in [5, 5.41) is 13.9. The molecule has 0 spiro atoms. The van der Waals surface area contributed by atoms with E-state index in [0.717, 1.165) is 30.8 Å². The Kier molecular flexibility index (Phi) is 5.05. The standard InChI is InChI=1S/C14H22ClN3O2/c1-10-12(14(15)17(2)16-10)9-18-8-4-3-5-11(18)6-7-13(19)20/h11H,3-9H2,1-2H3,(H,19,20). The number of aliphatic carboxylic acids is 1. The lowest BCUT2D eigenvalue weighted by molar-refractivity contribution is -0.137. The molecule has 5 nitrogen and oxygen atoms in total. The number of aromatic nitrogens is 2. The van der Waals surface area contributed by atoms with Crippen molar-refractivity contribution in [1.29, 1.82) is 0 Å². The molecule has 0 radical (unpaired) electrons. The van der Waals surface area contributed by atoms with Crippen LogP contribution in [0.25, 0.3) is 0 Å². The summed E-state index contributed by atoms with van der Waals surface area (Å²) >= 11 is 6.29. The average Bonchev–Trinajstić information content (AvgIpc) is 2.64. The molecule has 1 saturated heterocycles. The second-order valence-corrected chi connectivity index (χ2v) is 5.89. The lowest BCUT2D eigenvalue weighted by atomic mass is 9.97. The number of rotatable bonds is 5. The largest absolute Gasteiger partial charge is 0.481 e. The number of carboxylic acid groups (broad SMARTS) is 1. The molecule has 1 aromatic heterocycles. The monoisotopic (exact) mass is 299 g/mol. The summed E-state index contributed by atoms with van der Waals surface area (Å²) in [5.41, 5.74) is 2.02. The van der Waals surface area contributed by atoms with Gasteiger partial charge in [-0.05, 0) is 32.7 Å². The van der Waals surface area contributed by atoms with Crippen LogP contribution in [0.1, 0.15) is 43.4 Å². The first-order valence-electron chi connectivity index (χ1n) is 7.13. The summed E-state index contributed by atoms with van der Waals surface area (Å²) in [5.74, 6) is -0.717. The molecule has 1 fully saturated rings. The van der Waals surface area contributed by atoms with E-state index in [1.165, 1.54) is 12.8 Å². The number of hydrogen-bond donors (Lipinski definition) is 1. The number of piperidine rings is 1. The van der Waals surface area contributed by atoms with Gasteiger partial charge in [-0.1, -0.05) is 18.0 Å². The van der Waals surface area contributed by atoms with Crippen molar-refractivity contribution in [3.05, 3.63) is 16.4 Å². The summed E-state index contributed by atoms with van der Waals surface area (Å²) in [6.07, 6.45) is 4.37. The number of halogens is 1. The van der Waals surface area contributed by atoms with Crippen molar-refractivity contribution < 1.29 is 9.90 Å². The summed E-state index contributed by atoms with van der Waals surface area (Å²) in [6, 6.07) is 0.343. The molecule has 6 heteroatoms. The molecule has 0 amide bonds. The second-order valence-electron chi connectivity index (χ2n) is 5.53. The van der Waals surface area contributed by atoms with E-state index in [1.807, 2.05) is 14.0 Å². The highest BCUT2D eigenvalue weighted by atomic mass is 35.5. The van der Waals surface area contributed by atoms with Crippen molar-refractivity contribution in [2.75, 3.05) is 6.54 Å². The van der Waals surface area contributed by atoms with Gasteiger partial charge in [-0.2, -0.15) is 5.10 Å². The van der Waals surface area contributed by atoms with Crippen molar-refractivity contribution >= 4 is 17.6 Å². The van der Waals surface area contributed by atoms with Crippen LogP contribution < -0.4 is 0 Å². The van der Waals surface area contributed by atoms with Gasteiger partial charge in [0.25, 0.3) is 0 Å². The molecule has 20 heavy (non-hydrogen) atoms. The fraction of sp³-hybridized carbons (Fsp3) is 0.714. The van der Waals surface area contributed by atoms with Gasteiger partial charge in [-0.3, -0.25) is 14.4 Å². The van der Waals surface area contributed by atoms with Crippen molar-refractivity contribution in [3.8, 4) is 0 Å². The summed E-state index contributed by atoms with van der Waals surface area (Å²) in [4.78, 5) is 13.1. The topological polar surface area (TPSA) is 58.4 Å². The summed E-state index contributed by atoms with van der Waals surface area (Å²) < 4.78 is 1.70. The third-order valence-electron chi connectivity index (χ3n) is 4.07. The van der Waals surface area contributed by atoms with Gasteiger partial charge in [0, 0.05) is 31.6 Å². The quantitative estimate of drug-likeness (QED) is 0.908. The van der Waals surface area contributed by atoms with E-state index < -0.39 is 5.97 Å². The Morgan fingerprint density at radius 3 is 2.85 bits per heavy atom. The minimum absolute atomic E-state index is 0.237. The number of hydrogen-bond acceptors (Lipinski definition) is 3. The first kappa shape index (κ1) is 15.3. The highest BCUT2D eigenvalue weighted by molar-refractivity contribution is 6.30. The molecular formula is C14H22ClN3O2. The average molecular weight is 300 g/mol. The van der Waals surface area contributed by atoms with Crippen molar-refractivity contribution in [3.63, 3.8) is 0 Å². The van der Waals surface area contributed by atoms with Crippen molar-refractivity contribution in [2.24, 2.45) is 7.05 Å². The van der Waals surface area contributed by atoms with E-state index in [1.54, 1.807) is 4.68 Å². The van der Waals surface area contributed by atoms with Crippen LogP contribution in [0.2, 0.25) is 5.15 Å². The zero-order valence-corrected chi connectivity index (χ0v) is 12.9. The van der Waals surface area contributed by atoms with Gasteiger partial charge >= 0.3 is 5.97 Å². The number of aryl methyl sites for hydroxylation is 2. The Morgan fingerprint density at radius 2 is 2.25 bits per heavy atom. The van der Waals surface area contributed by atoms with Gasteiger partial charge in [-0.25, -0.2) is 0 Å². The lowest BCUT2D eigenvalue weighted by Gasteiger charge is -2.35. The van der Waals surface area contributed by atoms with E-state index in [-0.39, 0.29) is 6.42 Å². The van der Waals surface area contributed by atoms with Gasteiger partial charge in [0.2, 0.25) is 0 Å². The van der Waals surface area contributed by atoms with Gasteiger partial charge < -0.3 is 5.11 Å². The normalized spacial score (nSPS) is 20.2. The highest BCUT2D eigenvalue weighted by Gasteiger charge is 2.25. The Bertz CT molecular complexity index is 487. The molecule has 1 aliphatic rings. The van der Waals surface area contributed by atoms with Crippen LogP contribution in [0.3, 0.4) is 0 Å². The van der Waals surface area contributed by atoms with Crippen molar-refractivity contribution in [2.45, 2.75) is 51.6 Å². The van der Waals surface area contributed by atoms with E-state index in [0.29, 0.717) is 17.6 Å². The fourth-order valence-electron chi connectivity index (χ4n) is 2.94. The molecule has 1 aromatic rings. The van der Waals surface area contributed by atoms with E-state index in [9.17, 15) is 4.79 Å². The minimum Gasteiger partial charge on any atom is -0.481 e. The molecule has 0 saturated carbocycles. The zero-order chi connectivity index (χ0) is 14.7. The third-order valence-corrected chi connectivity index (χ3v) is 4.54. The molecule has 1 N–H and O–H groups in total. The summed E-state index contributed by atoms with van der Waals surface area (Å²) in [6.45, 7) is 3.75. The highest BCUT2D eigenvalue weighted by Crippen LogP contribution is 2.26.